The van der Waals surface area contributed by atoms with Crippen LogP contribution in [0.4, 0.5) is 0 Å². The summed E-state index contributed by atoms with van der Waals surface area (Å²) in [7, 11) is 0. The molecule has 3 heterocycles. The van der Waals surface area contributed by atoms with Crippen molar-refractivity contribution in [3.05, 3.63) is 57.0 Å². The van der Waals surface area contributed by atoms with Crippen molar-refractivity contribution in [2.45, 2.75) is 25.6 Å². The zero-order valence-corrected chi connectivity index (χ0v) is 12.9. The Morgan fingerprint density at radius 3 is 3.00 bits per heavy atom. The van der Waals surface area contributed by atoms with Gasteiger partial charge in [-0.15, -0.1) is 16.4 Å². The van der Waals surface area contributed by atoms with Gasteiger partial charge in [0, 0.05) is 17.5 Å². The maximum absolute atomic E-state index is 12.5. The summed E-state index contributed by atoms with van der Waals surface area (Å²) in [6.45, 7) is 1.49. The fraction of sp³-hybridized carbons (Fsp3) is 0.312. The third kappa shape index (κ3) is 2.34. The van der Waals surface area contributed by atoms with Crippen molar-refractivity contribution in [1.29, 1.82) is 0 Å². The average molecular weight is 312 g/mol. The van der Waals surface area contributed by atoms with Crippen LogP contribution in [0, 0.1) is 0 Å². The van der Waals surface area contributed by atoms with E-state index in [-0.39, 0.29) is 5.56 Å². The SMILES string of the molecule is O=c1c2ccccc2nnn1CN1CCC[C@H]1c1cccs1. The molecule has 0 unspecified atom stereocenters. The first-order valence-electron chi connectivity index (χ1n) is 7.43. The summed E-state index contributed by atoms with van der Waals surface area (Å²) >= 11 is 1.78. The highest BCUT2D eigenvalue weighted by atomic mass is 32.1. The number of benzene rings is 1. The molecule has 1 aliphatic rings. The van der Waals surface area contributed by atoms with Crippen LogP contribution in [-0.4, -0.2) is 26.4 Å². The van der Waals surface area contributed by atoms with E-state index in [2.05, 4.69) is 32.7 Å². The van der Waals surface area contributed by atoms with E-state index in [0.29, 0.717) is 23.6 Å². The molecule has 6 heteroatoms. The zero-order chi connectivity index (χ0) is 14.9. The van der Waals surface area contributed by atoms with E-state index in [0.717, 1.165) is 19.4 Å². The molecule has 3 aromatic rings. The number of thiophene rings is 1. The molecule has 0 saturated carbocycles. The van der Waals surface area contributed by atoms with Crippen LogP contribution in [0.15, 0.2) is 46.6 Å². The largest absolute Gasteiger partial charge is 0.278 e. The van der Waals surface area contributed by atoms with Crippen LogP contribution in [0.25, 0.3) is 10.9 Å². The first kappa shape index (κ1) is 13.6. The zero-order valence-electron chi connectivity index (χ0n) is 12.1. The van der Waals surface area contributed by atoms with Gasteiger partial charge >= 0.3 is 0 Å². The lowest BCUT2D eigenvalue weighted by molar-refractivity contribution is 0.187. The summed E-state index contributed by atoms with van der Waals surface area (Å²) in [5, 5.41) is 11.0. The molecule has 0 spiro atoms. The van der Waals surface area contributed by atoms with Gasteiger partial charge in [0.05, 0.1) is 12.1 Å². The Morgan fingerprint density at radius 2 is 2.14 bits per heavy atom. The molecular formula is C16H16N4OS. The molecule has 0 bridgehead atoms. The van der Waals surface area contributed by atoms with Crippen LogP contribution in [0.3, 0.4) is 0 Å². The Labute approximate surface area is 131 Å². The van der Waals surface area contributed by atoms with Gasteiger partial charge in [-0.05, 0) is 36.4 Å². The van der Waals surface area contributed by atoms with E-state index in [1.54, 1.807) is 11.3 Å². The molecule has 1 atom stereocenters. The number of nitrogens with zero attached hydrogens (tertiary/aromatic N) is 4. The molecule has 0 aliphatic carbocycles. The normalized spacial score (nSPS) is 19.0. The van der Waals surface area contributed by atoms with E-state index >= 15 is 0 Å². The lowest BCUT2D eigenvalue weighted by Crippen LogP contribution is -2.34. The van der Waals surface area contributed by atoms with Crippen LogP contribution in [0.2, 0.25) is 0 Å². The van der Waals surface area contributed by atoms with Crippen molar-refractivity contribution in [3.63, 3.8) is 0 Å². The highest BCUT2D eigenvalue weighted by molar-refractivity contribution is 7.10. The van der Waals surface area contributed by atoms with Crippen molar-refractivity contribution in [3.8, 4) is 0 Å². The summed E-state index contributed by atoms with van der Waals surface area (Å²) in [6, 6.07) is 12.0. The van der Waals surface area contributed by atoms with Gasteiger partial charge in [-0.2, -0.15) is 4.68 Å². The molecule has 0 N–H and O–H groups in total. The van der Waals surface area contributed by atoms with Gasteiger partial charge in [0.1, 0.15) is 5.52 Å². The topological polar surface area (TPSA) is 51.0 Å². The van der Waals surface area contributed by atoms with Gasteiger partial charge in [0.2, 0.25) is 0 Å². The molecular weight excluding hydrogens is 296 g/mol. The Balaban J connectivity index is 1.66. The van der Waals surface area contributed by atoms with Crippen LogP contribution in [0.1, 0.15) is 23.8 Å². The van der Waals surface area contributed by atoms with Crippen LogP contribution < -0.4 is 5.56 Å². The third-order valence-corrected chi connectivity index (χ3v) is 5.15. The van der Waals surface area contributed by atoms with Crippen molar-refractivity contribution in [2.75, 3.05) is 6.54 Å². The molecule has 2 aromatic heterocycles. The van der Waals surface area contributed by atoms with Gasteiger partial charge in [-0.25, -0.2) is 0 Å². The van der Waals surface area contributed by atoms with Crippen LogP contribution in [-0.2, 0) is 6.67 Å². The fourth-order valence-electron chi connectivity index (χ4n) is 3.09. The minimum atomic E-state index is -0.0672. The lowest BCUT2D eigenvalue weighted by atomic mass is 10.2. The standard InChI is InChI=1S/C16H16N4OS/c21-16-12-5-1-2-6-13(12)17-18-20(16)11-19-9-3-7-14(19)15-8-4-10-22-15/h1-2,4-6,8,10,14H,3,7,9,11H2/t14-/m0/s1. The number of likely N-dealkylation sites (tertiary alicyclic amines) is 1. The average Bonchev–Trinajstić information content (AvgIpc) is 3.21. The number of aromatic nitrogens is 3. The quantitative estimate of drug-likeness (QED) is 0.746. The second-order valence-corrected chi connectivity index (χ2v) is 6.52. The summed E-state index contributed by atoms with van der Waals surface area (Å²) in [6.07, 6.45) is 2.29. The van der Waals surface area contributed by atoms with Crippen molar-refractivity contribution < 1.29 is 0 Å². The number of fused-ring (bicyclic) bond motifs is 1. The minimum Gasteiger partial charge on any atom is -0.276 e. The Morgan fingerprint density at radius 1 is 1.23 bits per heavy atom. The van der Waals surface area contributed by atoms with Crippen LogP contribution in [0.5, 0.6) is 0 Å². The maximum Gasteiger partial charge on any atom is 0.278 e. The Hall–Kier alpha value is -2.05. The smallest absolute Gasteiger partial charge is 0.276 e. The van der Waals surface area contributed by atoms with E-state index in [4.69, 9.17) is 0 Å². The molecule has 0 amide bonds. The molecule has 112 valence electrons. The predicted octanol–water partition coefficient (Wildman–Crippen LogP) is 2.65. The van der Waals surface area contributed by atoms with E-state index < -0.39 is 0 Å². The molecule has 1 fully saturated rings. The second kappa shape index (κ2) is 5.62. The molecule has 1 aliphatic heterocycles. The number of hydrogen-bond donors (Lipinski definition) is 0. The molecule has 0 radical (unpaired) electrons. The minimum absolute atomic E-state index is 0.0672. The lowest BCUT2D eigenvalue weighted by Gasteiger charge is -2.23. The molecule has 1 aromatic carbocycles. The van der Waals surface area contributed by atoms with E-state index in [1.165, 1.54) is 9.56 Å². The highest BCUT2D eigenvalue weighted by Gasteiger charge is 2.27. The summed E-state index contributed by atoms with van der Waals surface area (Å²) in [5.74, 6) is 0. The van der Waals surface area contributed by atoms with Crippen molar-refractivity contribution >= 4 is 22.2 Å². The molecule has 5 nitrogen and oxygen atoms in total. The first-order chi connectivity index (χ1) is 10.8. The summed E-state index contributed by atoms with van der Waals surface area (Å²) in [5.41, 5.74) is 0.586. The summed E-state index contributed by atoms with van der Waals surface area (Å²) in [4.78, 5) is 16.2. The van der Waals surface area contributed by atoms with E-state index in [9.17, 15) is 4.79 Å². The summed E-state index contributed by atoms with van der Waals surface area (Å²) < 4.78 is 1.48. The first-order valence-corrected chi connectivity index (χ1v) is 8.31. The van der Waals surface area contributed by atoms with Gasteiger partial charge in [0.15, 0.2) is 0 Å². The Bertz CT molecular complexity index is 843. The molecule has 22 heavy (non-hydrogen) atoms. The van der Waals surface area contributed by atoms with Gasteiger partial charge in [0.25, 0.3) is 5.56 Å². The predicted molar refractivity (Wildman–Crippen MR) is 86.8 cm³/mol. The van der Waals surface area contributed by atoms with Gasteiger partial charge < -0.3 is 0 Å². The maximum atomic E-state index is 12.5. The van der Waals surface area contributed by atoms with Crippen molar-refractivity contribution in [1.82, 2.24) is 19.9 Å². The second-order valence-electron chi connectivity index (χ2n) is 5.54. The molecule has 1 saturated heterocycles. The van der Waals surface area contributed by atoms with Crippen LogP contribution >= 0.6 is 11.3 Å². The third-order valence-electron chi connectivity index (χ3n) is 4.18. The molecule has 4 rings (SSSR count). The fourth-order valence-corrected chi connectivity index (χ4v) is 3.98. The van der Waals surface area contributed by atoms with Crippen molar-refractivity contribution in [2.24, 2.45) is 0 Å². The van der Waals surface area contributed by atoms with Gasteiger partial charge in [-0.3, -0.25) is 9.69 Å². The van der Waals surface area contributed by atoms with Gasteiger partial charge in [-0.1, -0.05) is 23.4 Å². The van der Waals surface area contributed by atoms with E-state index in [1.807, 2.05) is 24.3 Å². The monoisotopic (exact) mass is 312 g/mol. The Kier molecular flexibility index (Phi) is 3.48. The number of rotatable bonds is 3. The highest BCUT2D eigenvalue weighted by Crippen LogP contribution is 2.34. The number of hydrogen-bond acceptors (Lipinski definition) is 5.